The second-order valence-electron chi connectivity index (χ2n) is 6.81. The lowest BCUT2D eigenvalue weighted by molar-refractivity contribution is -0.148. The smallest absolute Gasteiger partial charge is 0.407 e. The van der Waals surface area contributed by atoms with Crippen molar-refractivity contribution in [3.63, 3.8) is 0 Å². The molecule has 2 aromatic carbocycles. The summed E-state index contributed by atoms with van der Waals surface area (Å²) in [5.41, 5.74) is 1.74. The van der Waals surface area contributed by atoms with E-state index >= 15 is 0 Å². The number of methoxy groups -OCH3 is 1. The minimum absolute atomic E-state index is 0.00656. The zero-order valence-electron chi connectivity index (χ0n) is 15.9. The van der Waals surface area contributed by atoms with E-state index in [0.29, 0.717) is 0 Å². The van der Waals surface area contributed by atoms with E-state index in [9.17, 15) is 9.59 Å². The van der Waals surface area contributed by atoms with Crippen molar-refractivity contribution in [3.05, 3.63) is 83.9 Å². The Bertz CT molecular complexity index is 804. The molecule has 1 N–H and O–H groups in total. The summed E-state index contributed by atoms with van der Waals surface area (Å²) in [6.07, 6.45) is 5.31. The van der Waals surface area contributed by atoms with Crippen molar-refractivity contribution in [2.45, 2.75) is 25.5 Å². The number of hydrogen-bond acceptors (Lipinski definition) is 4. The molecule has 3 rings (SSSR count). The van der Waals surface area contributed by atoms with Gasteiger partial charge in [0.25, 0.3) is 0 Å². The van der Waals surface area contributed by atoms with Gasteiger partial charge in [0.15, 0.2) is 0 Å². The van der Waals surface area contributed by atoms with Crippen LogP contribution in [0.2, 0.25) is 0 Å². The molecule has 2 aromatic rings. The second kappa shape index (κ2) is 9.74. The van der Waals surface area contributed by atoms with Crippen LogP contribution >= 0.6 is 0 Å². The number of benzene rings is 2. The summed E-state index contributed by atoms with van der Waals surface area (Å²) in [6.45, 7) is 0.167. The number of alkyl carbamates (subject to hydrolysis) is 1. The van der Waals surface area contributed by atoms with E-state index in [4.69, 9.17) is 9.47 Å². The van der Waals surface area contributed by atoms with Crippen molar-refractivity contribution in [1.29, 1.82) is 0 Å². The van der Waals surface area contributed by atoms with Crippen molar-refractivity contribution >= 4 is 12.1 Å². The molecule has 3 unspecified atom stereocenters. The number of ether oxygens (including phenoxy) is 2. The lowest BCUT2D eigenvalue weighted by Gasteiger charge is -2.30. The minimum atomic E-state index is -0.561. The fraction of sp³-hybridized carbons (Fsp3) is 0.304. The zero-order chi connectivity index (χ0) is 19.8. The molecule has 0 aliphatic heterocycles. The summed E-state index contributed by atoms with van der Waals surface area (Å²) in [4.78, 5) is 25.2. The summed E-state index contributed by atoms with van der Waals surface area (Å²) in [6, 6.07) is 18.4. The molecule has 0 spiro atoms. The largest absolute Gasteiger partial charge is 0.469 e. The number of esters is 1. The molecular weight excluding hydrogens is 354 g/mol. The van der Waals surface area contributed by atoms with Gasteiger partial charge in [0.2, 0.25) is 0 Å². The number of carbonyl (C=O) groups is 2. The maximum absolute atomic E-state index is 12.6. The van der Waals surface area contributed by atoms with E-state index in [1.54, 1.807) is 0 Å². The third-order valence-electron chi connectivity index (χ3n) is 4.99. The molecule has 0 saturated heterocycles. The van der Waals surface area contributed by atoms with E-state index in [2.05, 4.69) is 11.4 Å². The van der Waals surface area contributed by atoms with Gasteiger partial charge >= 0.3 is 12.1 Å². The number of nitrogens with one attached hydrogen (secondary N) is 1. The molecule has 0 saturated carbocycles. The van der Waals surface area contributed by atoms with Crippen LogP contribution in [0.1, 0.15) is 30.0 Å². The van der Waals surface area contributed by atoms with Gasteiger partial charge in [-0.15, -0.1) is 0 Å². The van der Waals surface area contributed by atoms with E-state index in [-0.39, 0.29) is 18.5 Å². The van der Waals surface area contributed by atoms with Crippen LogP contribution in [0.25, 0.3) is 0 Å². The first-order chi connectivity index (χ1) is 13.7. The van der Waals surface area contributed by atoms with Crippen LogP contribution in [0.4, 0.5) is 4.79 Å². The number of allylic oxidation sites excluding steroid dienone is 2. The Morgan fingerprint density at radius 3 is 2.36 bits per heavy atom. The molecular formula is C23H25NO4. The molecule has 0 heterocycles. The highest BCUT2D eigenvalue weighted by atomic mass is 16.5. The van der Waals surface area contributed by atoms with Crippen molar-refractivity contribution in [3.8, 4) is 0 Å². The maximum Gasteiger partial charge on any atom is 0.407 e. The predicted octanol–water partition coefficient (Wildman–Crippen LogP) is 4.41. The highest BCUT2D eigenvalue weighted by molar-refractivity contribution is 5.76. The predicted molar refractivity (Wildman–Crippen MR) is 106 cm³/mol. The Morgan fingerprint density at radius 2 is 1.75 bits per heavy atom. The minimum Gasteiger partial charge on any atom is -0.469 e. The Kier molecular flexibility index (Phi) is 6.84. The molecule has 0 fully saturated rings. The van der Waals surface area contributed by atoms with Gasteiger partial charge in [0.1, 0.15) is 6.61 Å². The lowest BCUT2D eigenvalue weighted by Crippen LogP contribution is -2.40. The van der Waals surface area contributed by atoms with Gasteiger partial charge in [-0.2, -0.15) is 0 Å². The SMILES string of the molecule is COC(=O)C(C1C=CCC1)C(NC(=O)OCc1ccccc1)c1ccccc1. The first-order valence-electron chi connectivity index (χ1n) is 9.45. The maximum atomic E-state index is 12.6. The van der Waals surface area contributed by atoms with Gasteiger partial charge in [-0.1, -0.05) is 72.8 Å². The molecule has 0 bridgehead atoms. The molecule has 146 valence electrons. The third-order valence-corrected chi connectivity index (χ3v) is 4.99. The first kappa shape index (κ1) is 19.7. The number of carbonyl (C=O) groups excluding carboxylic acids is 2. The van der Waals surface area contributed by atoms with Crippen LogP contribution in [0.5, 0.6) is 0 Å². The standard InChI is InChI=1S/C23H25NO4/c1-27-22(25)20(18-12-8-9-13-18)21(19-14-6-3-7-15-19)24-23(26)28-16-17-10-4-2-5-11-17/h2-8,10-12,14-15,18,20-21H,9,13,16H2,1H3,(H,24,26). The Labute approximate surface area is 165 Å². The van der Waals surface area contributed by atoms with Crippen molar-refractivity contribution in [2.24, 2.45) is 11.8 Å². The monoisotopic (exact) mass is 379 g/mol. The Morgan fingerprint density at radius 1 is 1.07 bits per heavy atom. The van der Waals surface area contributed by atoms with Crippen LogP contribution < -0.4 is 5.32 Å². The van der Waals surface area contributed by atoms with Crippen LogP contribution in [0, 0.1) is 11.8 Å². The van der Waals surface area contributed by atoms with Gasteiger partial charge in [-0.05, 0) is 29.9 Å². The number of hydrogen-bond donors (Lipinski definition) is 1. The van der Waals surface area contributed by atoms with Gasteiger partial charge < -0.3 is 14.8 Å². The van der Waals surface area contributed by atoms with Crippen LogP contribution in [-0.4, -0.2) is 19.2 Å². The summed E-state index contributed by atoms with van der Waals surface area (Å²) in [5.74, 6) is -0.851. The quantitative estimate of drug-likeness (QED) is 0.572. The van der Waals surface area contributed by atoms with Crippen molar-refractivity contribution in [1.82, 2.24) is 5.32 Å². The second-order valence-corrected chi connectivity index (χ2v) is 6.81. The Balaban J connectivity index is 1.79. The first-order valence-corrected chi connectivity index (χ1v) is 9.45. The summed E-state index contributed by atoms with van der Waals surface area (Å²) in [7, 11) is 1.38. The van der Waals surface area contributed by atoms with E-state index in [0.717, 1.165) is 24.0 Å². The number of amides is 1. The van der Waals surface area contributed by atoms with Crippen LogP contribution in [0.3, 0.4) is 0 Å². The van der Waals surface area contributed by atoms with Gasteiger partial charge in [-0.3, -0.25) is 4.79 Å². The number of rotatable bonds is 7. The molecule has 0 aromatic heterocycles. The molecule has 1 aliphatic rings. The van der Waals surface area contributed by atoms with E-state index in [1.165, 1.54) is 7.11 Å². The average Bonchev–Trinajstić information content (AvgIpc) is 3.27. The molecule has 1 amide bonds. The van der Waals surface area contributed by atoms with E-state index < -0.39 is 18.1 Å². The summed E-state index contributed by atoms with van der Waals surface area (Å²) in [5, 5.41) is 2.90. The molecule has 28 heavy (non-hydrogen) atoms. The molecule has 1 aliphatic carbocycles. The molecule has 0 radical (unpaired) electrons. The Hall–Kier alpha value is -3.08. The normalized spacial score (nSPS) is 17.5. The van der Waals surface area contributed by atoms with Gasteiger partial charge in [-0.25, -0.2) is 4.79 Å². The topological polar surface area (TPSA) is 64.6 Å². The third kappa shape index (κ3) is 5.00. The zero-order valence-corrected chi connectivity index (χ0v) is 15.9. The van der Waals surface area contributed by atoms with Gasteiger partial charge in [0, 0.05) is 0 Å². The fourth-order valence-corrected chi connectivity index (χ4v) is 3.58. The summed E-state index contributed by atoms with van der Waals surface area (Å²) >= 11 is 0. The summed E-state index contributed by atoms with van der Waals surface area (Å²) < 4.78 is 10.5. The lowest BCUT2D eigenvalue weighted by atomic mass is 9.82. The van der Waals surface area contributed by atoms with E-state index in [1.807, 2.05) is 66.7 Å². The average molecular weight is 379 g/mol. The highest BCUT2D eigenvalue weighted by Gasteiger charge is 2.38. The highest BCUT2D eigenvalue weighted by Crippen LogP contribution is 2.35. The molecule has 3 atom stereocenters. The van der Waals surface area contributed by atoms with Gasteiger partial charge in [0.05, 0.1) is 19.1 Å². The molecule has 5 nitrogen and oxygen atoms in total. The van der Waals surface area contributed by atoms with Crippen LogP contribution in [-0.2, 0) is 20.9 Å². The van der Waals surface area contributed by atoms with Crippen LogP contribution in [0.15, 0.2) is 72.8 Å². The molecule has 5 heteroatoms. The fourth-order valence-electron chi connectivity index (χ4n) is 3.58. The van der Waals surface area contributed by atoms with Crippen molar-refractivity contribution < 1.29 is 19.1 Å². The van der Waals surface area contributed by atoms with Crippen molar-refractivity contribution in [2.75, 3.05) is 7.11 Å².